The fourth-order valence-electron chi connectivity index (χ4n) is 4.54. The van der Waals surface area contributed by atoms with E-state index in [-0.39, 0.29) is 30.1 Å². The summed E-state index contributed by atoms with van der Waals surface area (Å²) in [5, 5.41) is 25.1. The summed E-state index contributed by atoms with van der Waals surface area (Å²) in [6, 6.07) is 5.39. The van der Waals surface area contributed by atoms with Gasteiger partial charge in [-0.15, -0.1) is 0 Å². The van der Waals surface area contributed by atoms with Crippen molar-refractivity contribution in [1.82, 2.24) is 14.7 Å². The second-order valence-corrected chi connectivity index (χ2v) is 8.55. The van der Waals surface area contributed by atoms with E-state index in [1.165, 1.54) is 4.68 Å². The topological polar surface area (TPSA) is 105 Å². The Bertz CT molecular complexity index is 992. The summed E-state index contributed by atoms with van der Waals surface area (Å²) in [7, 11) is 0. The molecule has 2 saturated heterocycles. The summed E-state index contributed by atoms with van der Waals surface area (Å²) in [5.41, 5.74) is 0.893. The summed E-state index contributed by atoms with van der Waals surface area (Å²) in [6.45, 7) is 4.20. The summed E-state index contributed by atoms with van der Waals surface area (Å²) in [4.78, 5) is 28.0. The van der Waals surface area contributed by atoms with Gasteiger partial charge in [0.1, 0.15) is 0 Å². The Hall–Kier alpha value is -2.23. The van der Waals surface area contributed by atoms with Crippen molar-refractivity contribution in [2.24, 2.45) is 0 Å². The number of aliphatic hydroxyl groups is 1. The molecule has 2 bridgehead atoms. The van der Waals surface area contributed by atoms with Gasteiger partial charge < -0.3 is 19.8 Å². The van der Waals surface area contributed by atoms with Crippen LogP contribution in [0.25, 0.3) is 10.8 Å². The molecule has 1 aromatic carbocycles. The molecule has 0 aliphatic carbocycles. The fourth-order valence-corrected chi connectivity index (χ4v) is 4.54. The molecule has 0 saturated carbocycles. The van der Waals surface area contributed by atoms with Crippen LogP contribution in [0.5, 0.6) is 0 Å². The summed E-state index contributed by atoms with van der Waals surface area (Å²) >= 11 is 0. The number of ether oxygens (including phenoxy) is 1. The molecular weight excluding hydrogens is 385 g/mol. The second-order valence-electron chi connectivity index (χ2n) is 8.55. The highest BCUT2D eigenvalue weighted by molar-refractivity contribution is 6.48. The van der Waals surface area contributed by atoms with E-state index in [0.717, 1.165) is 12.8 Å². The summed E-state index contributed by atoms with van der Waals surface area (Å²) in [5.74, 6) is -0.0233. The maximum atomic E-state index is 13.2. The van der Waals surface area contributed by atoms with E-state index in [1.807, 2.05) is 4.90 Å². The number of nitrogens with zero attached hydrogens (tertiary/aromatic N) is 3. The van der Waals surface area contributed by atoms with Crippen LogP contribution in [-0.2, 0) is 11.3 Å². The van der Waals surface area contributed by atoms with Gasteiger partial charge in [0, 0.05) is 10.9 Å². The predicted molar refractivity (Wildman–Crippen MR) is 114 cm³/mol. The number of rotatable bonds is 6. The number of aliphatic hydroxyl groups excluding tert-OH is 1. The molecule has 0 radical (unpaired) electrons. The maximum absolute atomic E-state index is 13.2. The quantitative estimate of drug-likeness (QED) is 0.687. The predicted octanol–water partition coefficient (Wildman–Crippen LogP) is 1.07. The highest BCUT2D eigenvalue weighted by Gasteiger charge is 2.40. The molecule has 160 valence electrons. The van der Waals surface area contributed by atoms with E-state index in [4.69, 9.17) is 4.74 Å². The van der Waals surface area contributed by atoms with Crippen molar-refractivity contribution in [3.8, 4) is 0 Å². The number of morpholine rings is 1. The number of carbonyl (C=O) groups excluding carboxylic acids is 1. The van der Waals surface area contributed by atoms with E-state index < -0.39 is 13.0 Å². The van der Waals surface area contributed by atoms with Crippen LogP contribution in [0, 0.1) is 6.92 Å². The number of carbonyl (C=O) groups is 1. The molecule has 0 spiro atoms. The standard InChI is InChI=1S/C21H28BN3O5/c1-13-19-9-14(20(27)25-15-4-5-16(25)12-30-11-15)3-6-18(19)21(28)24(23-13)10-17(26)7-8-22(2)29/h3,6,9,15-17,26,29H,4-5,7-8,10-12H2,1-2H3/t15?,16?,17-/m0/s1. The van der Waals surface area contributed by atoms with Gasteiger partial charge in [-0.3, -0.25) is 9.59 Å². The van der Waals surface area contributed by atoms with Gasteiger partial charge in [-0.25, -0.2) is 4.68 Å². The highest BCUT2D eigenvalue weighted by atomic mass is 16.5. The monoisotopic (exact) mass is 413 g/mol. The zero-order valence-corrected chi connectivity index (χ0v) is 17.5. The lowest BCUT2D eigenvalue weighted by Crippen LogP contribution is -2.49. The van der Waals surface area contributed by atoms with Gasteiger partial charge in [-0.05, 0) is 50.7 Å². The van der Waals surface area contributed by atoms with Gasteiger partial charge in [0.15, 0.2) is 0 Å². The minimum Gasteiger partial charge on any atom is -0.451 e. The molecule has 2 aromatic rings. The molecule has 2 aliphatic rings. The number of hydrogen-bond donors (Lipinski definition) is 2. The third kappa shape index (κ3) is 4.01. The Kier molecular flexibility index (Phi) is 5.95. The molecular formula is C21H28BN3O5. The number of aromatic nitrogens is 2. The lowest BCUT2D eigenvalue weighted by Gasteiger charge is -2.34. The van der Waals surface area contributed by atoms with Crippen molar-refractivity contribution in [3.05, 3.63) is 39.8 Å². The molecule has 2 fully saturated rings. The fraction of sp³-hybridized carbons (Fsp3) is 0.571. The number of benzene rings is 1. The average Bonchev–Trinajstić information content (AvgIpc) is 2.97. The lowest BCUT2D eigenvalue weighted by molar-refractivity contribution is -0.00714. The first-order valence-corrected chi connectivity index (χ1v) is 10.6. The minimum atomic E-state index is -0.765. The summed E-state index contributed by atoms with van der Waals surface area (Å²) in [6.07, 6.45) is 2.01. The van der Waals surface area contributed by atoms with Crippen LogP contribution in [0.15, 0.2) is 23.0 Å². The van der Waals surface area contributed by atoms with Crippen LogP contribution in [0.3, 0.4) is 0 Å². The molecule has 8 nitrogen and oxygen atoms in total. The van der Waals surface area contributed by atoms with Crippen LogP contribution < -0.4 is 5.56 Å². The first kappa shape index (κ1) is 21.0. The Morgan fingerprint density at radius 1 is 1.30 bits per heavy atom. The van der Waals surface area contributed by atoms with Gasteiger partial charge in [0.2, 0.25) is 0 Å². The SMILES string of the molecule is CB(O)CC[C@H](O)Cn1nc(C)c2cc(C(=O)N3C4CCC3COC4)ccc2c1=O. The zero-order chi connectivity index (χ0) is 21.4. The van der Waals surface area contributed by atoms with E-state index in [0.29, 0.717) is 48.0 Å². The van der Waals surface area contributed by atoms with Crippen LogP contribution >= 0.6 is 0 Å². The Morgan fingerprint density at radius 2 is 2.00 bits per heavy atom. The molecule has 1 amide bonds. The Balaban J connectivity index is 1.60. The molecule has 3 heterocycles. The third-order valence-electron chi connectivity index (χ3n) is 6.17. The van der Waals surface area contributed by atoms with Gasteiger partial charge >= 0.3 is 0 Å². The molecule has 2 N–H and O–H groups in total. The van der Waals surface area contributed by atoms with Crippen LogP contribution in [0.4, 0.5) is 0 Å². The van der Waals surface area contributed by atoms with Gasteiger partial charge in [0.25, 0.3) is 18.4 Å². The number of fused-ring (bicyclic) bond motifs is 3. The van der Waals surface area contributed by atoms with Gasteiger partial charge in [0.05, 0.1) is 49.0 Å². The van der Waals surface area contributed by atoms with Crippen molar-refractivity contribution in [3.63, 3.8) is 0 Å². The molecule has 4 rings (SSSR count). The summed E-state index contributed by atoms with van der Waals surface area (Å²) < 4.78 is 6.84. The van der Waals surface area contributed by atoms with E-state index in [9.17, 15) is 19.7 Å². The largest absolute Gasteiger partial charge is 0.451 e. The van der Waals surface area contributed by atoms with Crippen molar-refractivity contribution in [2.75, 3.05) is 13.2 Å². The molecule has 3 atom stereocenters. The molecule has 2 aliphatic heterocycles. The first-order valence-electron chi connectivity index (χ1n) is 10.6. The van der Waals surface area contributed by atoms with E-state index in [1.54, 1.807) is 31.9 Å². The number of hydrogen-bond acceptors (Lipinski definition) is 6. The molecule has 1 aromatic heterocycles. The lowest BCUT2D eigenvalue weighted by atomic mass is 9.67. The van der Waals surface area contributed by atoms with Crippen molar-refractivity contribution in [1.29, 1.82) is 0 Å². The first-order chi connectivity index (χ1) is 14.3. The number of aryl methyl sites for hydroxylation is 1. The Labute approximate surface area is 175 Å². The van der Waals surface area contributed by atoms with Crippen molar-refractivity contribution < 1.29 is 19.7 Å². The second kappa shape index (κ2) is 8.49. The van der Waals surface area contributed by atoms with Gasteiger partial charge in [-0.1, -0.05) is 6.82 Å². The normalized spacial score (nSPS) is 21.8. The Morgan fingerprint density at radius 3 is 2.67 bits per heavy atom. The highest BCUT2D eigenvalue weighted by Crippen LogP contribution is 2.30. The van der Waals surface area contributed by atoms with Gasteiger partial charge in [-0.2, -0.15) is 5.10 Å². The average molecular weight is 413 g/mol. The smallest absolute Gasteiger partial charge is 0.285 e. The van der Waals surface area contributed by atoms with Crippen LogP contribution in [0.1, 0.15) is 35.3 Å². The molecule has 2 unspecified atom stereocenters. The third-order valence-corrected chi connectivity index (χ3v) is 6.17. The molecule has 30 heavy (non-hydrogen) atoms. The van der Waals surface area contributed by atoms with Crippen LogP contribution in [0.2, 0.25) is 13.1 Å². The van der Waals surface area contributed by atoms with E-state index in [2.05, 4.69) is 5.10 Å². The van der Waals surface area contributed by atoms with Crippen molar-refractivity contribution in [2.45, 2.75) is 64.1 Å². The number of amides is 1. The minimum absolute atomic E-state index is 0.0233. The zero-order valence-electron chi connectivity index (χ0n) is 17.5. The van der Waals surface area contributed by atoms with Crippen molar-refractivity contribution >= 4 is 23.6 Å². The maximum Gasteiger partial charge on any atom is 0.285 e. The van der Waals surface area contributed by atoms with E-state index >= 15 is 0 Å². The van der Waals surface area contributed by atoms with Crippen LogP contribution in [-0.4, -0.2) is 69.0 Å². The molecule has 9 heteroatoms.